The summed E-state index contributed by atoms with van der Waals surface area (Å²) in [6.45, 7) is 9.66. The standard InChI is InChI=1S/C20H28N4O4S/c1-15-11-16(12-21)5-6-18(15)22-7-9-24(10-8-22)29(26,27)17-13-23(14-17)19(25)28-20(2,3)4/h5-6,11,17H,7-10,13-14H2,1-4H3. The fraction of sp³-hybridized carbons (Fsp3) is 0.600. The van der Waals surface area contributed by atoms with Crippen LogP contribution in [-0.2, 0) is 14.8 Å². The van der Waals surface area contributed by atoms with Crippen molar-refractivity contribution in [3.8, 4) is 6.07 Å². The topological polar surface area (TPSA) is 94.0 Å². The van der Waals surface area contributed by atoms with Gasteiger partial charge in [0.2, 0.25) is 10.0 Å². The summed E-state index contributed by atoms with van der Waals surface area (Å²) < 4.78 is 32.6. The van der Waals surface area contributed by atoms with Gasteiger partial charge in [0, 0.05) is 45.0 Å². The van der Waals surface area contributed by atoms with Crippen molar-refractivity contribution in [3.63, 3.8) is 0 Å². The number of nitriles is 1. The molecule has 0 atom stereocenters. The van der Waals surface area contributed by atoms with Crippen LogP contribution in [0.5, 0.6) is 0 Å². The lowest BCUT2D eigenvalue weighted by molar-refractivity contribution is 0.0136. The number of hydrogen-bond donors (Lipinski definition) is 0. The Morgan fingerprint density at radius 1 is 1.17 bits per heavy atom. The molecule has 1 aromatic rings. The van der Waals surface area contributed by atoms with Crippen LogP contribution in [-0.4, -0.2) is 73.8 Å². The lowest BCUT2D eigenvalue weighted by atomic mass is 10.1. The molecule has 0 N–H and O–H groups in total. The Bertz CT molecular complexity index is 919. The first-order chi connectivity index (χ1) is 13.5. The highest BCUT2D eigenvalue weighted by Crippen LogP contribution is 2.26. The molecule has 9 heteroatoms. The van der Waals surface area contributed by atoms with Crippen LogP contribution in [0.3, 0.4) is 0 Å². The molecule has 0 aromatic heterocycles. The molecule has 0 spiro atoms. The number of nitrogens with zero attached hydrogens (tertiary/aromatic N) is 4. The van der Waals surface area contributed by atoms with Gasteiger partial charge >= 0.3 is 6.09 Å². The van der Waals surface area contributed by atoms with Gasteiger partial charge in [0.25, 0.3) is 0 Å². The Morgan fingerprint density at radius 2 is 1.79 bits per heavy atom. The third-order valence-electron chi connectivity index (χ3n) is 5.19. The molecule has 158 valence electrons. The van der Waals surface area contributed by atoms with E-state index < -0.39 is 27.0 Å². The first-order valence-electron chi connectivity index (χ1n) is 9.74. The number of carbonyl (C=O) groups is 1. The molecular formula is C20H28N4O4S. The van der Waals surface area contributed by atoms with Crippen LogP contribution < -0.4 is 4.90 Å². The number of piperazine rings is 1. The molecule has 0 saturated carbocycles. The number of carbonyl (C=O) groups excluding carboxylic acids is 1. The summed E-state index contributed by atoms with van der Waals surface area (Å²) in [5.41, 5.74) is 2.06. The summed E-state index contributed by atoms with van der Waals surface area (Å²) in [4.78, 5) is 15.6. The second kappa shape index (κ2) is 7.84. The van der Waals surface area contributed by atoms with E-state index in [1.807, 2.05) is 19.1 Å². The van der Waals surface area contributed by atoms with Gasteiger partial charge in [-0.3, -0.25) is 0 Å². The quantitative estimate of drug-likeness (QED) is 0.742. The Hall–Kier alpha value is -2.31. The monoisotopic (exact) mass is 420 g/mol. The Balaban J connectivity index is 1.56. The van der Waals surface area contributed by atoms with Crippen LogP contribution in [0.25, 0.3) is 0 Å². The van der Waals surface area contributed by atoms with Crippen LogP contribution >= 0.6 is 0 Å². The van der Waals surface area contributed by atoms with Crippen molar-refractivity contribution in [1.29, 1.82) is 5.26 Å². The van der Waals surface area contributed by atoms with Crippen molar-refractivity contribution in [2.45, 2.75) is 38.5 Å². The zero-order chi connectivity index (χ0) is 21.4. The van der Waals surface area contributed by atoms with E-state index in [9.17, 15) is 13.2 Å². The SMILES string of the molecule is Cc1cc(C#N)ccc1N1CCN(S(=O)(=O)C2CN(C(=O)OC(C)(C)C)C2)CC1. The molecule has 1 aromatic carbocycles. The molecule has 29 heavy (non-hydrogen) atoms. The maximum Gasteiger partial charge on any atom is 0.410 e. The molecule has 8 nitrogen and oxygen atoms in total. The third kappa shape index (κ3) is 4.65. The highest BCUT2D eigenvalue weighted by molar-refractivity contribution is 7.89. The predicted octanol–water partition coefficient (Wildman–Crippen LogP) is 1.94. The van der Waals surface area contributed by atoms with Gasteiger partial charge in [0.05, 0.1) is 11.6 Å². The van der Waals surface area contributed by atoms with Crippen molar-refractivity contribution in [3.05, 3.63) is 29.3 Å². The van der Waals surface area contributed by atoms with Crippen LogP contribution in [0.4, 0.5) is 10.5 Å². The van der Waals surface area contributed by atoms with Gasteiger partial charge in [-0.05, 0) is 51.5 Å². The van der Waals surface area contributed by atoms with E-state index in [2.05, 4.69) is 11.0 Å². The minimum atomic E-state index is -3.45. The Kier molecular flexibility index (Phi) is 5.79. The van der Waals surface area contributed by atoms with Gasteiger partial charge in [-0.15, -0.1) is 0 Å². The lowest BCUT2D eigenvalue weighted by Crippen LogP contribution is -2.62. The molecule has 0 unspecified atom stereocenters. The van der Waals surface area contributed by atoms with E-state index in [0.29, 0.717) is 31.7 Å². The van der Waals surface area contributed by atoms with E-state index in [1.165, 1.54) is 9.21 Å². The minimum absolute atomic E-state index is 0.173. The van der Waals surface area contributed by atoms with Crippen LogP contribution in [0.15, 0.2) is 18.2 Å². The predicted molar refractivity (Wildman–Crippen MR) is 110 cm³/mol. The molecule has 2 aliphatic heterocycles. The van der Waals surface area contributed by atoms with Crippen molar-refractivity contribution >= 4 is 21.8 Å². The Labute approximate surface area is 172 Å². The summed E-state index contributed by atoms with van der Waals surface area (Å²) in [7, 11) is -3.45. The molecule has 2 heterocycles. The highest BCUT2D eigenvalue weighted by atomic mass is 32.2. The summed E-state index contributed by atoms with van der Waals surface area (Å²) in [6.07, 6.45) is -0.468. The van der Waals surface area contributed by atoms with Crippen LogP contribution in [0, 0.1) is 18.3 Å². The summed E-state index contributed by atoms with van der Waals surface area (Å²) >= 11 is 0. The zero-order valence-electron chi connectivity index (χ0n) is 17.4. The van der Waals surface area contributed by atoms with Crippen LogP contribution in [0.2, 0.25) is 0 Å². The third-order valence-corrected chi connectivity index (χ3v) is 7.41. The minimum Gasteiger partial charge on any atom is -0.444 e. The molecule has 2 fully saturated rings. The lowest BCUT2D eigenvalue weighted by Gasteiger charge is -2.43. The first kappa shape index (κ1) is 21.4. The van der Waals surface area contributed by atoms with Gasteiger partial charge in [-0.2, -0.15) is 9.57 Å². The normalized spacial score (nSPS) is 18.9. The number of rotatable bonds is 3. The maximum absolute atomic E-state index is 12.9. The molecular weight excluding hydrogens is 392 g/mol. The summed E-state index contributed by atoms with van der Waals surface area (Å²) in [6, 6.07) is 7.68. The molecule has 0 radical (unpaired) electrons. The highest BCUT2D eigenvalue weighted by Gasteiger charge is 2.44. The average Bonchev–Trinajstić information content (AvgIpc) is 2.58. The molecule has 2 saturated heterocycles. The number of hydrogen-bond acceptors (Lipinski definition) is 6. The van der Waals surface area contributed by atoms with Crippen LogP contribution in [0.1, 0.15) is 31.9 Å². The zero-order valence-corrected chi connectivity index (χ0v) is 18.2. The van der Waals surface area contributed by atoms with E-state index in [-0.39, 0.29) is 13.1 Å². The molecule has 2 aliphatic rings. The van der Waals surface area contributed by atoms with Crippen molar-refractivity contribution in [1.82, 2.24) is 9.21 Å². The van der Waals surface area contributed by atoms with Gasteiger partial charge < -0.3 is 14.5 Å². The number of benzene rings is 1. The van der Waals surface area contributed by atoms with Crippen molar-refractivity contribution in [2.24, 2.45) is 0 Å². The number of anilines is 1. The van der Waals surface area contributed by atoms with Gasteiger partial charge in [-0.1, -0.05) is 0 Å². The van der Waals surface area contributed by atoms with Gasteiger partial charge in [0.15, 0.2) is 0 Å². The summed E-state index contributed by atoms with van der Waals surface area (Å²) in [5.74, 6) is 0. The second-order valence-electron chi connectivity index (χ2n) is 8.55. The molecule has 1 amide bonds. The van der Waals surface area contributed by atoms with E-state index in [1.54, 1.807) is 26.8 Å². The maximum atomic E-state index is 12.9. The number of aryl methyl sites for hydroxylation is 1. The molecule has 3 rings (SSSR count). The summed E-state index contributed by atoms with van der Waals surface area (Å²) in [5, 5.41) is 8.44. The number of amides is 1. The van der Waals surface area contributed by atoms with Crippen molar-refractivity contribution < 1.29 is 17.9 Å². The Morgan fingerprint density at radius 3 is 2.31 bits per heavy atom. The number of likely N-dealkylation sites (tertiary alicyclic amines) is 1. The van der Waals surface area contributed by atoms with Crippen molar-refractivity contribution in [2.75, 3.05) is 44.2 Å². The molecule has 0 aliphatic carbocycles. The smallest absolute Gasteiger partial charge is 0.410 e. The molecule has 0 bridgehead atoms. The fourth-order valence-electron chi connectivity index (χ4n) is 3.58. The van der Waals surface area contributed by atoms with Gasteiger partial charge in [-0.25, -0.2) is 13.2 Å². The number of ether oxygens (including phenoxy) is 1. The average molecular weight is 421 g/mol. The largest absolute Gasteiger partial charge is 0.444 e. The first-order valence-corrected chi connectivity index (χ1v) is 11.2. The fourth-order valence-corrected chi connectivity index (χ4v) is 5.41. The van der Waals surface area contributed by atoms with E-state index >= 15 is 0 Å². The second-order valence-corrected chi connectivity index (χ2v) is 10.8. The van der Waals surface area contributed by atoms with E-state index in [0.717, 1.165) is 11.3 Å². The van der Waals surface area contributed by atoms with E-state index in [4.69, 9.17) is 10.00 Å². The number of sulfonamides is 1. The van der Waals surface area contributed by atoms with Gasteiger partial charge in [0.1, 0.15) is 10.9 Å².